The van der Waals surface area contributed by atoms with E-state index in [0.29, 0.717) is 0 Å². The molecule has 90 valence electrons. The van der Waals surface area contributed by atoms with Crippen LogP contribution in [0.4, 0.5) is 0 Å². The van der Waals surface area contributed by atoms with Gasteiger partial charge in [-0.1, -0.05) is 0 Å². The Morgan fingerprint density at radius 3 is 2.59 bits per heavy atom. The van der Waals surface area contributed by atoms with Crippen molar-refractivity contribution >= 4 is 5.91 Å². The van der Waals surface area contributed by atoms with Gasteiger partial charge in [-0.25, -0.2) is 0 Å². The fraction of sp³-hybridized carbons (Fsp3) is 0.571. The summed E-state index contributed by atoms with van der Waals surface area (Å²) >= 11 is 0. The van der Waals surface area contributed by atoms with E-state index in [1.807, 2.05) is 19.1 Å². The van der Waals surface area contributed by atoms with Crippen molar-refractivity contribution in [2.24, 2.45) is 17.8 Å². The topological polar surface area (TPSA) is 42.0 Å². The molecule has 3 atom stereocenters. The van der Waals surface area contributed by atoms with Crippen molar-refractivity contribution in [1.29, 1.82) is 0 Å². The molecule has 2 saturated carbocycles. The van der Waals surface area contributed by atoms with Crippen LogP contribution in [0.25, 0.3) is 0 Å². The lowest BCUT2D eigenvalue weighted by atomic mass is 10.0. The van der Waals surface area contributed by atoms with Crippen molar-refractivity contribution < 1.29 is 4.79 Å². The lowest BCUT2D eigenvalue weighted by Gasteiger charge is -2.18. The van der Waals surface area contributed by atoms with Crippen LogP contribution >= 0.6 is 0 Å². The van der Waals surface area contributed by atoms with Gasteiger partial charge in [0.15, 0.2) is 0 Å². The quantitative estimate of drug-likeness (QED) is 0.865. The number of hydrogen-bond donors (Lipinski definition) is 1. The van der Waals surface area contributed by atoms with Gasteiger partial charge in [-0.05, 0) is 55.7 Å². The number of nitrogens with zero attached hydrogens (tertiary/aromatic N) is 1. The van der Waals surface area contributed by atoms with Crippen LogP contribution in [-0.4, -0.2) is 10.9 Å². The summed E-state index contributed by atoms with van der Waals surface area (Å²) in [7, 11) is 0. The molecular formula is C14H18N2O. The van der Waals surface area contributed by atoms with Gasteiger partial charge in [-0.3, -0.25) is 9.78 Å². The summed E-state index contributed by atoms with van der Waals surface area (Å²) in [6.45, 7) is 2.03. The highest BCUT2D eigenvalue weighted by atomic mass is 16.1. The number of carbonyl (C=O) groups excluding carboxylic acids is 1. The van der Waals surface area contributed by atoms with E-state index in [9.17, 15) is 4.79 Å². The zero-order valence-electron chi connectivity index (χ0n) is 10.1. The number of rotatable bonds is 3. The van der Waals surface area contributed by atoms with Gasteiger partial charge >= 0.3 is 0 Å². The predicted molar refractivity (Wildman–Crippen MR) is 65.1 cm³/mol. The smallest absolute Gasteiger partial charge is 0.223 e. The Morgan fingerprint density at radius 1 is 1.29 bits per heavy atom. The van der Waals surface area contributed by atoms with Gasteiger partial charge in [0.25, 0.3) is 0 Å². The molecule has 1 amide bonds. The van der Waals surface area contributed by atoms with Crippen molar-refractivity contribution in [2.75, 3.05) is 0 Å². The van der Waals surface area contributed by atoms with E-state index < -0.39 is 0 Å². The Labute approximate surface area is 102 Å². The van der Waals surface area contributed by atoms with Gasteiger partial charge in [0.1, 0.15) is 0 Å². The minimum absolute atomic E-state index is 0.0856. The minimum Gasteiger partial charge on any atom is -0.349 e. The zero-order valence-corrected chi connectivity index (χ0v) is 10.1. The van der Waals surface area contributed by atoms with Crippen LogP contribution in [0.15, 0.2) is 24.5 Å². The molecule has 0 bridgehead atoms. The third kappa shape index (κ3) is 2.19. The highest BCUT2D eigenvalue weighted by Gasteiger charge is 2.48. The van der Waals surface area contributed by atoms with Gasteiger partial charge < -0.3 is 5.32 Å². The van der Waals surface area contributed by atoms with E-state index >= 15 is 0 Å². The molecule has 1 aromatic rings. The lowest BCUT2D eigenvalue weighted by Crippen LogP contribution is -2.32. The maximum Gasteiger partial charge on any atom is 0.223 e. The Bertz CT molecular complexity index is 407. The van der Waals surface area contributed by atoms with E-state index in [4.69, 9.17) is 0 Å². The second-order valence-electron chi connectivity index (χ2n) is 5.44. The summed E-state index contributed by atoms with van der Waals surface area (Å²) in [5.41, 5.74) is 1.12. The molecule has 3 rings (SSSR count). The van der Waals surface area contributed by atoms with E-state index in [-0.39, 0.29) is 17.9 Å². The molecule has 2 unspecified atom stereocenters. The minimum atomic E-state index is 0.0856. The molecular weight excluding hydrogens is 212 g/mol. The van der Waals surface area contributed by atoms with Gasteiger partial charge in [-0.2, -0.15) is 0 Å². The Balaban J connectivity index is 1.57. The molecule has 1 aromatic heterocycles. The van der Waals surface area contributed by atoms with Gasteiger partial charge in [0.2, 0.25) is 5.91 Å². The Kier molecular flexibility index (Phi) is 2.61. The number of carbonyl (C=O) groups is 1. The summed E-state index contributed by atoms with van der Waals surface area (Å²) in [6.07, 6.45) is 7.12. The average molecular weight is 230 g/mol. The standard InChI is InChI=1S/C14H18N2O/c1-9(10-2-4-15-5-3-10)16-14(17)13-7-11-6-12(11)8-13/h2-5,9,11-13H,6-8H2,1H3,(H,16,17)/t9-,11?,12?,13?/m0/s1. The molecule has 2 aliphatic rings. The second-order valence-corrected chi connectivity index (χ2v) is 5.44. The van der Waals surface area contributed by atoms with Gasteiger partial charge in [-0.15, -0.1) is 0 Å². The zero-order chi connectivity index (χ0) is 11.8. The highest BCUT2D eigenvalue weighted by molar-refractivity contribution is 5.79. The normalized spacial score (nSPS) is 31.7. The highest BCUT2D eigenvalue weighted by Crippen LogP contribution is 2.54. The monoisotopic (exact) mass is 230 g/mol. The number of aromatic nitrogens is 1. The predicted octanol–water partition coefficient (Wildman–Crippen LogP) is 2.30. The van der Waals surface area contributed by atoms with Crippen LogP contribution in [0.2, 0.25) is 0 Å². The molecule has 2 fully saturated rings. The molecule has 3 nitrogen and oxygen atoms in total. The van der Waals surface area contributed by atoms with Crippen LogP contribution in [0.1, 0.15) is 37.8 Å². The molecule has 1 heterocycles. The first-order chi connectivity index (χ1) is 8.24. The average Bonchev–Trinajstić information content (AvgIpc) is 2.97. The summed E-state index contributed by atoms with van der Waals surface area (Å²) in [6, 6.07) is 4.00. The van der Waals surface area contributed by atoms with Crippen LogP contribution in [-0.2, 0) is 4.79 Å². The first-order valence-electron chi connectivity index (χ1n) is 6.44. The van der Waals surface area contributed by atoms with E-state index in [2.05, 4.69) is 10.3 Å². The first-order valence-corrected chi connectivity index (χ1v) is 6.44. The fourth-order valence-electron chi connectivity index (χ4n) is 3.00. The molecule has 0 saturated heterocycles. The van der Waals surface area contributed by atoms with E-state index in [0.717, 1.165) is 30.2 Å². The number of nitrogens with one attached hydrogen (secondary N) is 1. The summed E-state index contributed by atoms with van der Waals surface area (Å²) in [5.74, 6) is 2.23. The first kappa shape index (κ1) is 10.8. The SMILES string of the molecule is C[C@H](NC(=O)C1CC2CC2C1)c1ccncc1. The number of hydrogen-bond acceptors (Lipinski definition) is 2. The van der Waals surface area contributed by atoms with Crippen LogP contribution in [0, 0.1) is 17.8 Å². The van der Waals surface area contributed by atoms with Gasteiger partial charge in [0, 0.05) is 18.3 Å². The van der Waals surface area contributed by atoms with Crippen LogP contribution in [0.5, 0.6) is 0 Å². The molecule has 0 aromatic carbocycles. The summed E-state index contributed by atoms with van der Waals surface area (Å²) in [5, 5.41) is 3.11. The Hall–Kier alpha value is -1.38. The van der Waals surface area contributed by atoms with Gasteiger partial charge in [0.05, 0.1) is 6.04 Å². The summed E-state index contributed by atoms with van der Waals surface area (Å²) < 4.78 is 0. The molecule has 0 spiro atoms. The largest absolute Gasteiger partial charge is 0.349 e. The Morgan fingerprint density at radius 2 is 1.94 bits per heavy atom. The molecule has 0 aliphatic heterocycles. The number of pyridine rings is 1. The fourth-order valence-corrected chi connectivity index (χ4v) is 3.00. The number of amides is 1. The second kappa shape index (κ2) is 4.13. The molecule has 2 aliphatic carbocycles. The van der Waals surface area contributed by atoms with Crippen molar-refractivity contribution in [3.05, 3.63) is 30.1 Å². The van der Waals surface area contributed by atoms with Crippen LogP contribution in [0.3, 0.4) is 0 Å². The molecule has 3 heteroatoms. The van der Waals surface area contributed by atoms with Crippen molar-refractivity contribution in [3.8, 4) is 0 Å². The van der Waals surface area contributed by atoms with Crippen molar-refractivity contribution in [3.63, 3.8) is 0 Å². The van der Waals surface area contributed by atoms with Crippen molar-refractivity contribution in [1.82, 2.24) is 10.3 Å². The maximum atomic E-state index is 12.1. The summed E-state index contributed by atoms with van der Waals surface area (Å²) in [4.78, 5) is 16.1. The van der Waals surface area contributed by atoms with Crippen molar-refractivity contribution in [2.45, 2.75) is 32.2 Å². The maximum absolute atomic E-state index is 12.1. The van der Waals surface area contributed by atoms with Crippen LogP contribution < -0.4 is 5.32 Å². The lowest BCUT2D eigenvalue weighted by molar-refractivity contribution is -0.125. The third-order valence-electron chi connectivity index (χ3n) is 4.18. The van der Waals surface area contributed by atoms with E-state index in [1.54, 1.807) is 12.4 Å². The molecule has 17 heavy (non-hydrogen) atoms. The van der Waals surface area contributed by atoms with E-state index in [1.165, 1.54) is 6.42 Å². The number of fused-ring (bicyclic) bond motifs is 1. The third-order valence-corrected chi connectivity index (χ3v) is 4.18. The molecule has 1 N–H and O–H groups in total. The molecule has 0 radical (unpaired) electrons.